The normalized spacial score (nSPS) is 13.4. The number of ether oxygens (including phenoxy) is 1. The number of aromatic nitrogens is 2. The van der Waals surface area contributed by atoms with Gasteiger partial charge in [-0.2, -0.15) is 5.10 Å². The van der Waals surface area contributed by atoms with Crippen molar-refractivity contribution in [2.45, 2.75) is 39.0 Å². The topological polar surface area (TPSA) is 65.1 Å². The van der Waals surface area contributed by atoms with E-state index in [1.165, 1.54) is 11.6 Å². The predicted octanol–water partition coefficient (Wildman–Crippen LogP) is 3.37. The van der Waals surface area contributed by atoms with E-state index in [0.717, 1.165) is 35.8 Å². The largest absolute Gasteiger partial charge is 0.397 e. The highest BCUT2D eigenvalue weighted by Gasteiger charge is 2.22. The van der Waals surface area contributed by atoms with Crippen LogP contribution >= 0.6 is 0 Å². The first-order chi connectivity index (χ1) is 10.5. The summed E-state index contributed by atoms with van der Waals surface area (Å²) in [5.74, 6) is 0. The average molecular weight is 316 g/mol. The number of benzene rings is 1. The van der Waals surface area contributed by atoms with Crippen LogP contribution in [0.1, 0.15) is 5.56 Å². The minimum atomic E-state index is -1.05. The molecule has 1 aromatic heterocycles. The third-order valence-corrected chi connectivity index (χ3v) is 5.64. The number of hydrogen-bond donors (Lipinski definition) is 2. The fraction of sp³-hybridized carbons (Fsp3) is 0.438. The number of nitrogen functional groups attached to an aromatic ring is 1. The highest BCUT2D eigenvalue weighted by atomic mass is 28.3. The van der Waals surface area contributed by atoms with Crippen LogP contribution in [0.25, 0.3) is 11.3 Å². The van der Waals surface area contributed by atoms with Gasteiger partial charge in [0.05, 0.1) is 23.3 Å². The molecule has 2 heterocycles. The molecule has 1 aromatic carbocycles. The van der Waals surface area contributed by atoms with Gasteiger partial charge in [-0.3, -0.25) is 0 Å². The Labute approximate surface area is 132 Å². The van der Waals surface area contributed by atoms with Gasteiger partial charge in [0.25, 0.3) is 0 Å². The smallest absolute Gasteiger partial charge is 0.140 e. The quantitative estimate of drug-likeness (QED) is 0.504. The first-order valence-corrected chi connectivity index (χ1v) is 11.4. The summed E-state index contributed by atoms with van der Waals surface area (Å²) in [6, 6.07) is 7.15. The summed E-state index contributed by atoms with van der Waals surface area (Å²) in [5.41, 5.74) is 11.3. The van der Waals surface area contributed by atoms with Crippen LogP contribution in [0, 0.1) is 0 Å². The number of para-hydroxylation sites is 1. The molecule has 2 aromatic rings. The number of fused-ring (bicyclic) bond motifs is 3. The van der Waals surface area contributed by atoms with Gasteiger partial charge in [0.2, 0.25) is 0 Å². The van der Waals surface area contributed by atoms with E-state index in [4.69, 9.17) is 10.5 Å². The van der Waals surface area contributed by atoms with Crippen LogP contribution < -0.4 is 11.1 Å². The van der Waals surface area contributed by atoms with E-state index >= 15 is 0 Å². The second-order valence-corrected chi connectivity index (χ2v) is 12.6. The van der Waals surface area contributed by atoms with Crippen molar-refractivity contribution in [1.82, 2.24) is 9.78 Å². The Balaban J connectivity index is 1.78. The van der Waals surface area contributed by atoms with E-state index in [-0.39, 0.29) is 0 Å². The summed E-state index contributed by atoms with van der Waals surface area (Å²) >= 11 is 0. The van der Waals surface area contributed by atoms with Crippen molar-refractivity contribution in [3.8, 4) is 11.3 Å². The molecule has 3 N–H and O–H groups in total. The monoisotopic (exact) mass is 316 g/mol. The zero-order valence-corrected chi connectivity index (χ0v) is 14.5. The van der Waals surface area contributed by atoms with Gasteiger partial charge >= 0.3 is 0 Å². The van der Waals surface area contributed by atoms with Crippen LogP contribution in [0.4, 0.5) is 11.4 Å². The summed E-state index contributed by atoms with van der Waals surface area (Å²) < 4.78 is 7.79. The van der Waals surface area contributed by atoms with E-state index in [2.05, 4.69) is 36.1 Å². The fourth-order valence-corrected chi connectivity index (χ4v) is 3.40. The molecule has 5 nitrogen and oxygen atoms in total. The van der Waals surface area contributed by atoms with Crippen molar-refractivity contribution in [3.63, 3.8) is 0 Å². The molecule has 0 amide bonds. The Morgan fingerprint density at radius 3 is 2.95 bits per heavy atom. The number of anilines is 2. The van der Waals surface area contributed by atoms with Crippen LogP contribution in [0.3, 0.4) is 0 Å². The molecule has 0 saturated heterocycles. The number of nitrogens with zero attached hydrogens (tertiary/aromatic N) is 2. The van der Waals surface area contributed by atoms with Gasteiger partial charge in [0.1, 0.15) is 6.73 Å². The zero-order chi connectivity index (χ0) is 15.7. The molecule has 3 rings (SSSR count). The van der Waals surface area contributed by atoms with E-state index in [1.807, 2.05) is 23.0 Å². The lowest BCUT2D eigenvalue weighted by Crippen LogP contribution is -2.22. The molecule has 0 atom stereocenters. The van der Waals surface area contributed by atoms with Crippen molar-refractivity contribution in [2.24, 2.45) is 0 Å². The molecule has 6 heteroatoms. The maximum absolute atomic E-state index is 6.07. The third-order valence-electron chi connectivity index (χ3n) is 3.93. The minimum Gasteiger partial charge on any atom is -0.397 e. The van der Waals surface area contributed by atoms with Crippen molar-refractivity contribution >= 4 is 19.4 Å². The molecule has 0 radical (unpaired) electrons. The van der Waals surface area contributed by atoms with Crippen LogP contribution in [-0.2, 0) is 18.0 Å². The molecule has 0 saturated carbocycles. The van der Waals surface area contributed by atoms with Gasteiger partial charge in [-0.15, -0.1) is 0 Å². The molecule has 1 aliphatic rings. The standard InChI is InChI=1S/C16H24N4OSi/c1-22(2,3)8-7-21-11-20-16-12(10-19-20)9-18-15-13(16)5-4-6-14(15)17/h4-6,10,18H,7-9,11,17H2,1-3H3. The molecule has 0 spiro atoms. The van der Waals surface area contributed by atoms with E-state index < -0.39 is 8.07 Å². The van der Waals surface area contributed by atoms with Crippen molar-refractivity contribution < 1.29 is 4.74 Å². The molecule has 1 aliphatic heterocycles. The Kier molecular flexibility index (Phi) is 3.97. The summed E-state index contributed by atoms with van der Waals surface area (Å²) in [6.07, 6.45) is 1.91. The Bertz CT molecular complexity index is 675. The van der Waals surface area contributed by atoms with Crippen molar-refractivity contribution in [2.75, 3.05) is 17.7 Å². The average Bonchev–Trinajstić information content (AvgIpc) is 2.86. The van der Waals surface area contributed by atoms with E-state index in [9.17, 15) is 0 Å². The Morgan fingerprint density at radius 2 is 2.18 bits per heavy atom. The zero-order valence-electron chi connectivity index (χ0n) is 13.5. The molecular formula is C16H24N4OSi. The molecule has 22 heavy (non-hydrogen) atoms. The molecule has 0 unspecified atom stereocenters. The maximum Gasteiger partial charge on any atom is 0.140 e. The number of nitrogens with two attached hydrogens (primary N) is 1. The highest BCUT2D eigenvalue weighted by molar-refractivity contribution is 6.76. The minimum absolute atomic E-state index is 0.494. The number of nitrogens with one attached hydrogen (secondary N) is 1. The highest BCUT2D eigenvalue weighted by Crippen LogP contribution is 2.38. The molecular weight excluding hydrogens is 292 g/mol. The lowest BCUT2D eigenvalue weighted by Gasteiger charge is -2.22. The lowest BCUT2D eigenvalue weighted by atomic mass is 10.0. The number of hydrogen-bond acceptors (Lipinski definition) is 4. The lowest BCUT2D eigenvalue weighted by molar-refractivity contribution is 0.0797. The summed E-state index contributed by atoms with van der Waals surface area (Å²) in [5, 5.41) is 7.86. The van der Waals surface area contributed by atoms with Crippen LogP contribution in [0.15, 0.2) is 24.4 Å². The Hall–Kier alpha value is -1.79. The van der Waals surface area contributed by atoms with Gasteiger partial charge in [-0.05, 0) is 12.1 Å². The second-order valence-electron chi connectivity index (χ2n) is 6.99. The van der Waals surface area contributed by atoms with Gasteiger partial charge in [0.15, 0.2) is 0 Å². The summed E-state index contributed by atoms with van der Waals surface area (Å²) in [4.78, 5) is 0. The summed E-state index contributed by atoms with van der Waals surface area (Å²) in [7, 11) is -1.05. The van der Waals surface area contributed by atoms with E-state index in [0.29, 0.717) is 6.73 Å². The van der Waals surface area contributed by atoms with Crippen LogP contribution in [0.2, 0.25) is 25.7 Å². The number of rotatable bonds is 5. The van der Waals surface area contributed by atoms with Crippen molar-refractivity contribution in [1.29, 1.82) is 0 Å². The Morgan fingerprint density at radius 1 is 1.36 bits per heavy atom. The maximum atomic E-state index is 6.07. The fourth-order valence-electron chi connectivity index (χ4n) is 2.64. The van der Waals surface area contributed by atoms with Gasteiger partial charge < -0.3 is 15.8 Å². The second kappa shape index (κ2) is 5.77. The SMILES string of the molecule is C[Si](C)(C)CCOCn1ncc2c1-c1cccc(N)c1NC2. The van der Waals surface area contributed by atoms with Gasteiger partial charge in [-0.1, -0.05) is 31.8 Å². The predicted molar refractivity (Wildman–Crippen MR) is 93.5 cm³/mol. The third kappa shape index (κ3) is 3.03. The molecule has 0 fully saturated rings. The first kappa shape index (κ1) is 15.1. The molecule has 118 valence electrons. The van der Waals surface area contributed by atoms with Crippen LogP contribution in [0.5, 0.6) is 0 Å². The summed E-state index contributed by atoms with van der Waals surface area (Å²) in [6.45, 7) is 9.12. The van der Waals surface area contributed by atoms with Crippen molar-refractivity contribution in [3.05, 3.63) is 30.0 Å². The molecule has 0 aliphatic carbocycles. The first-order valence-electron chi connectivity index (χ1n) is 7.71. The van der Waals surface area contributed by atoms with E-state index in [1.54, 1.807) is 0 Å². The van der Waals surface area contributed by atoms with Gasteiger partial charge in [-0.25, -0.2) is 4.68 Å². The van der Waals surface area contributed by atoms with Gasteiger partial charge in [0, 0.05) is 32.4 Å². The van der Waals surface area contributed by atoms with Crippen LogP contribution in [-0.4, -0.2) is 24.5 Å². The molecule has 0 bridgehead atoms.